The number of pyridine rings is 1. The van der Waals surface area contributed by atoms with E-state index in [1.54, 1.807) is 26.2 Å². The minimum Gasteiger partial charge on any atom is -0.438 e. The van der Waals surface area contributed by atoms with Crippen molar-refractivity contribution in [3.8, 4) is 11.6 Å². The highest BCUT2D eigenvalue weighted by Crippen LogP contribution is 2.29. The van der Waals surface area contributed by atoms with Crippen molar-refractivity contribution in [3.63, 3.8) is 0 Å². The Hall–Kier alpha value is -1.88. The molecule has 0 aliphatic rings. The normalized spacial score (nSPS) is 10.2. The summed E-state index contributed by atoms with van der Waals surface area (Å²) in [5.74, 6) is 1.06. The van der Waals surface area contributed by atoms with E-state index in [1.165, 1.54) is 11.1 Å². The molecule has 5 heteroatoms. The second kappa shape index (κ2) is 6.05. The van der Waals surface area contributed by atoms with Crippen LogP contribution in [-0.2, 0) is 0 Å². The largest absolute Gasteiger partial charge is 0.438 e. The van der Waals surface area contributed by atoms with E-state index in [1.807, 2.05) is 25.1 Å². The average Bonchev–Trinajstić information content (AvgIpc) is 2.42. The number of ether oxygens (including phenoxy) is 1. The molecule has 1 amide bonds. The highest BCUT2D eigenvalue weighted by Gasteiger charge is 2.09. The molecular weight excluding hydrogens is 320 g/mol. The van der Waals surface area contributed by atoms with Crippen LogP contribution in [-0.4, -0.2) is 29.9 Å². The van der Waals surface area contributed by atoms with Gasteiger partial charge in [0.25, 0.3) is 5.91 Å². The molecule has 0 radical (unpaired) electrons. The van der Waals surface area contributed by atoms with Gasteiger partial charge in [-0.1, -0.05) is 6.07 Å². The molecule has 2 aromatic rings. The lowest BCUT2D eigenvalue weighted by Crippen LogP contribution is -2.21. The molecule has 0 aliphatic heterocycles. The van der Waals surface area contributed by atoms with E-state index in [-0.39, 0.29) is 5.91 Å². The highest BCUT2D eigenvalue weighted by molar-refractivity contribution is 9.10. The van der Waals surface area contributed by atoms with Gasteiger partial charge in [0.15, 0.2) is 0 Å². The molecule has 0 atom stereocenters. The van der Waals surface area contributed by atoms with Gasteiger partial charge >= 0.3 is 0 Å². The van der Waals surface area contributed by atoms with E-state index in [0.717, 1.165) is 10.0 Å². The van der Waals surface area contributed by atoms with Crippen molar-refractivity contribution in [2.24, 2.45) is 0 Å². The molecule has 4 nitrogen and oxygen atoms in total. The summed E-state index contributed by atoms with van der Waals surface area (Å²) >= 11 is 3.45. The maximum atomic E-state index is 11.7. The first-order chi connectivity index (χ1) is 9.47. The Morgan fingerprint density at radius 2 is 2.00 bits per heavy atom. The van der Waals surface area contributed by atoms with Crippen LogP contribution in [0.3, 0.4) is 0 Å². The SMILES string of the molecule is Cc1ccc(Oc2ccc(C(=O)N(C)C)cn2)c(Br)c1. The van der Waals surface area contributed by atoms with E-state index >= 15 is 0 Å². The Bertz CT molecular complexity index is 624. The lowest BCUT2D eigenvalue weighted by molar-refractivity contribution is 0.0827. The summed E-state index contributed by atoms with van der Waals surface area (Å²) in [6.07, 6.45) is 1.51. The van der Waals surface area contributed by atoms with Crippen LogP contribution in [0.1, 0.15) is 15.9 Å². The van der Waals surface area contributed by atoms with E-state index in [0.29, 0.717) is 17.2 Å². The Labute approximate surface area is 126 Å². The zero-order valence-corrected chi connectivity index (χ0v) is 13.1. The summed E-state index contributed by atoms with van der Waals surface area (Å²) in [7, 11) is 3.41. The summed E-state index contributed by atoms with van der Waals surface area (Å²) in [5.41, 5.74) is 1.68. The second-order valence-corrected chi connectivity index (χ2v) is 5.47. The standard InChI is InChI=1S/C15H15BrN2O2/c1-10-4-6-13(12(16)8-10)20-14-7-5-11(9-17-14)15(19)18(2)3/h4-9H,1-3H3. The summed E-state index contributed by atoms with van der Waals surface area (Å²) in [4.78, 5) is 17.4. The molecule has 20 heavy (non-hydrogen) atoms. The van der Waals surface area contributed by atoms with E-state index < -0.39 is 0 Å². The highest BCUT2D eigenvalue weighted by atomic mass is 79.9. The van der Waals surface area contributed by atoms with Gasteiger partial charge in [-0.25, -0.2) is 4.98 Å². The fourth-order valence-electron chi connectivity index (χ4n) is 1.63. The van der Waals surface area contributed by atoms with E-state index in [2.05, 4.69) is 20.9 Å². The Balaban J connectivity index is 2.17. The fourth-order valence-corrected chi connectivity index (χ4v) is 2.20. The number of aryl methyl sites for hydroxylation is 1. The van der Waals surface area contributed by atoms with Gasteiger partial charge < -0.3 is 9.64 Å². The zero-order chi connectivity index (χ0) is 14.7. The monoisotopic (exact) mass is 334 g/mol. The molecule has 0 bridgehead atoms. The lowest BCUT2D eigenvalue weighted by Gasteiger charge is -2.11. The van der Waals surface area contributed by atoms with E-state index in [4.69, 9.17) is 4.74 Å². The van der Waals surface area contributed by atoms with Crippen LogP contribution in [0, 0.1) is 6.92 Å². The first-order valence-corrected chi connectivity index (χ1v) is 6.88. The van der Waals surface area contributed by atoms with Crippen LogP contribution in [0.15, 0.2) is 41.0 Å². The number of rotatable bonds is 3. The van der Waals surface area contributed by atoms with Gasteiger partial charge in [-0.3, -0.25) is 4.79 Å². The van der Waals surface area contributed by atoms with Crippen molar-refractivity contribution in [2.45, 2.75) is 6.92 Å². The first-order valence-electron chi connectivity index (χ1n) is 6.09. The molecule has 0 saturated carbocycles. The molecule has 1 heterocycles. The summed E-state index contributed by atoms with van der Waals surface area (Å²) in [6, 6.07) is 9.19. The molecule has 0 saturated heterocycles. The van der Waals surface area contributed by atoms with Crippen molar-refractivity contribution in [1.82, 2.24) is 9.88 Å². The van der Waals surface area contributed by atoms with Gasteiger partial charge in [0.05, 0.1) is 10.0 Å². The van der Waals surface area contributed by atoms with Crippen molar-refractivity contribution >= 4 is 21.8 Å². The van der Waals surface area contributed by atoms with Crippen LogP contribution < -0.4 is 4.74 Å². The number of halogens is 1. The molecule has 104 valence electrons. The van der Waals surface area contributed by atoms with Gasteiger partial charge in [-0.05, 0) is 46.6 Å². The van der Waals surface area contributed by atoms with Crippen LogP contribution >= 0.6 is 15.9 Å². The summed E-state index contributed by atoms with van der Waals surface area (Å²) < 4.78 is 6.54. The molecule has 0 aliphatic carbocycles. The minimum absolute atomic E-state index is 0.0828. The van der Waals surface area contributed by atoms with Gasteiger partial charge in [0, 0.05) is 26.4 Å². The third-order valence-electron chi connectivity index (χ3n) is 2.69. The van der Waals surface area contributed by atoms with Crippen molar-refractivity contribution in [3.05, 3.63) is 52.1 Å². The number of carbonyl (C=O) groups excluding carboxylic acids is 1. The number of nitrogens with zero attached hydrogens (tertiary/aromatic N) is 2. The third-order valence-corrected chi connectivity index (χ3v) is 3.31. The van der Waals surface area contributed by atoms with Gasteiger partial charge in [-0.15, -0.1) is 0 Å². The molecule has 0 spiro atoms. The summed E-state index contributed by atoms with van der Waals surface area (Å²) in [6.45, 7) is 2.01. The molecule has 0 unspecified atom stereocenters. The quantitative estimate of drug-likeness (QED) is 0.860. The van der Waals surface area contributed by atoms with Crippen LogP contribution in [0.2, 0.25) is 0 Å². The van der Waals surface area contributed by atoms with Gasteiger partial charge in [0.1, 0.15) is 5.75 Å². The van der Waals surface area contributed by atoms with Crippen LogP contribution in [0.25, 0.3) is 0 Å². The smallest absolute Gasteiger partial charge is 0.254 e. The van der Waals surface area contributed by atoms with Gasteiger partial charge in [0.2, 0.25) is 5.88 Å². The minimum atomic E-state index is -0.0828. The first kappa shape index (κ1) is 14.5. The molecule has 0 N–H and O–H groups in total. The predicted molar refractivity (Wildman–Crippen MR) is 81.2 cm³/mol. The maximum absolute atomic E-state index is 11.7. The molecular formula is C15H15BrN2O2. The topological polar surface area (TPSA) is 42.4 Å². The second-order valence-electron chi connectivity index (χ2n) is 4.62. The summed E-state index contributed by atoms with van der Waals surface area (Å²) in [5, 5.41) is 0. The Morgan fingerprint density at radius 1 is 1.25 bits per heavy atom. The zero-order valence-electron chi connectivity index (χ0n) is 11.6. The Morgan fingerprint density at radius 3 is 2.55 bits per heavy atom. The number of carbonyl (C=O) groups is 1. The number of hydrogen-bond donors (Lipinski definition) is 0. The molecule has 1 aromatic heterocycles. The average molecular weight is 335 g/mol. The van der Waals surface area contributed by atoms with Crippen molar-refractivity contribution in [1.29, 1.82) is 0 Å². The van der Waals surface area contributed by atoms with Crippen LogP contribution in [0.5, 0.6) is 11.6 Å². The number of hydrogen-bond acceptors (Lipinski definition) is 3. The third kappa shape index (κ3) is 3.36. The lowest BCUT2D eigenvalue weighted by atomic mass is 10.2. The molecule has 2 rings (SSSR count). The number of amides is 1. The van der Waals surface area contributed by atoms with Crippen molar-refractivity contribution in [2.75, 3.05) is 14.1 Å². The number of aromatic nitrogens is 1. The maximum Gasteiger partial charge on any atom is 0.254 e. The predicted octanol–water partition coefficient (Wildman–Crippen LogP) is 3.65. The molecule has 1 aromatic carbocycles. The van der Waals surface area contributed by atoms with E-state index in [9.17, 15) is 4.79 Å². The Kier molecular flexibility index (Phi) is 4.39. The van der Waals surface area contributed by atoms with Gasteiger partial charge in [-0.2, -0.15) is 0 Å². The molecule has 0 fully saturated rings. The van der Waals surface area contributed by atoms with Crippen LogP contribution in [0.4, 0.5) is 0 Å². The number of benzene rings is 1. The fraction of sp³-hybridized carbons (Fsp3) is 0.200. The van der Waals surface area contributed by atoms with Crippen molar-refractivity contribution < 1.29 is 9.53 Å².